The topological polar surface area (TPSA) is 50.1 Å². The molecule has 1 heterocycles. The standard InChI is InChI=1S/C8H9N3/c9-8-3-1-2-6-4-10-11-5-7(6)8/h1-5,10-11H,9H2. The minimum Gasteiger partial charge on any atom is -0.398 e. The van der Waals surface area contributed by atoms with E-state index in [4.69, 9.17) is 5.73 Å². The van der Waals surface area contributed by atoms with E-state index in [1.165, 1.54) is 0 Å². The van der Waals surface area contributed by atoms with Crippen LogP contribution in [0.1, 0.15) is 0 Å². The third kappa shape index (κ3) is 0.902. The van der Waals surface area contributed by atoms with Crippen LogP contribution < -0.4 is 27.0 Å². The second kappa shape index (κ2) is 2.20. The lowest BCUT2D eigenvalue weighted by atomic mass is 10.2. The molecule has 3 nitrogen and oxygen atoms in total. The average molecular weight is 147 g/mol. The Labute approximate surface area is 64.2 Å². The summed E-state index contributed by atoms with van der Waals surface area (Å²) in [5.74, 6) is 0. The van der Waals surface area contributed by atoms with Crippen LogP contribution in [0.15, 0.2) is 18.2 Å². The van der Waals surface area contributed by atoms with Gasteiger partial charge >= 0.3 is 0 Å². The Hall–Kier alpha value is -1.64. The van der Waals surface area contributed by atoms with Crippen molar-refractivity contribution in [1.82, 2.24) is 10.9 Å². The van der Waals surface area contributed by atoms with Gasteiger partial charge in [0, 0.05) is 28.5 Å². The van der Waals surface area contributed by atoms with Crippen LogP contribution in [-0.4, -0.2) is 0 Å². The Bertz CT molecular complexity index is 381. The SMILES string of the molecule is Nc1cccc2c1=CNNC=2. The Morgan fingerprint density at radius 3 is 2.73 bits per heavy atom. The molecule has 1 aromatic carbocycles. The van der Waals surface area contributed by atoms with Gasteiger partial charge in [-0.3, -0.25) is 0 Å². The summed E-state index contributed by atoms with van der Waals surface area (Å²) in [6.07, 6.45) is 3.73. The van der Waals surface area contributed by atoms with Gasteiger partial charge in [0.15, 0.2) is 0 Å². The van der Waals surface area contributed by atoms with Crippen molar-refractivity contribution in [3.8, 4) is 0 Å². The first-order chi connectivity index (χ1) is 5.38. The molecule has 1 aliphatic rings. The van der Waals surface area contributed by atoms with Gasteiger partial charge in [-0.1, -0.05) is 12.1 Å². The van der Waals surface area contributed by atoms with Crippen molar-refractivity contribution >= 4 is 18.1 Å². The molecule has 0 spiro atoms. The molecule has 0 fully saturated rings. The number of nitrogen functional groups attached to an aromatic ring is 1. The Kier molecular flexibility index (Phi) is 1.22. The summed E-state index contributed by atoms with van der Waals surface area (Å²) < 4.78 is 0. The molecular weight excluding hydrogens is 138 g/mol. The first kappa shape index (κ1) is 6.09. The molecule has 0 saturated heterocycles. The minimum atomic E-state index is 0.799. The van der Waals surface area contributed by atoms with Crippen LogP contribution in [0.4, 0.5) is 5.69 Å². The molecule has 0 aliphatic carbocycles. The fourth-order valence-corrected chi connectivity index (χ4v) is 1.13. The zero-order valence-electron chi connectivity index (χ0n) is 5.96. The van der Waals surface area contributed by atoms with Gasteiger partial charge in [0.05, 0.1) is 0 Å². The van der Waals surface area contributed by atoms with Gasteiger partial charge in [-0.05, 0) is 6.07 Å². The number of hydrazine groups is 1. The highest BCUT2D eigenvalue weighted by Crippen LogP contribution is 1.86. The number of hydrogen-bond donors (Lipinski definition) is 3. The molecule has 0 aromatic heterocycles. The summed E-state index contributed by atoms with van der Waals surface area (Å²) >= 11 is 0. The molecule has 3 heteroatoms. The van der Waals surface area contributed by atoms with Gasteiger partial charge in [0.1, 0.15) is 0 Å². The lowest BCUT2D eigenvalue weighted by Gasteiger charge is -2.06. The number of hydrogen-bond acceptors (Lipinski definition) is 3. The molecule has 0 unspecified atom stereocenters. The molecule has 0 atom stereocenters. The van der Waals surface area contributed by atoms with E-state index in [9.17, 15) is 0 Å². The fourth-order valence-electron chi connectivity index (χ4n) is 1.13. The lowest BCUT2D eigenvalue weighted by Crippen LogP contribution is -2.39. The van der Waals surface area contributed by atoms with Crippen LogP contribution in [0.3, 0.4) is 0 Å². The largest absolute Gasteiger partial charge is 0.398 e. The molecule has 1 aliphatic heterocycles. The summed E-state index contributed by atoms with van der Waals surface area (Å²) in [5, 5.41) is 2.16. The van der Waals surface area contributed by atoms with E-state index in [0.717, 1.165) is 16.1 Å². The number of rotatable bonds is 0. The van der Waals surface area contributed by atoms with Crippen molar-refractivity contribution in [2.24, 2.45) is 0 Å². The van der Waals surface area contributed by atoms with E-state index in [2.05, 4.69) is 10.9 Å². The third-order valence-corrected chi connectivity index (χ3v) is 1.70. The lowest BCUT2D eigenvalue weighted by molar-refractivity contribution is 0.844. The van der Waals surface area contributed by atoms with Crippen LogP contribution in [0, 0.1) is 0 Å². The van der Waals surface area contributed by atoms with Gasteiger partial charge in [-0.2, -0.15) is 0 Å². The number of benzene rings is 1. The highest BCUT2D eigenvalue weighted by molar-refractivity contribution is 5.48. The normalized spacial score (nSPS) is 13.1. The van der Waals surface area contributed by atoms with Crippen LogP contribution in [-0.2, 0) is 0 Å². The van der Waals surface area contributed by atoms with E-state index in [-0.39, 0.29) is 0 Å². The summed E-state index contributed by atoms with van der Waals surface area (Å²) in [6.45, 7) is 0. The van der Waals surface area contributed by atoms with Crippen LogP contribution >= 0.6 is 0 Å². The zero-order chi connectivity index (χ0) is 7.68. The van der Waals surface area contributed by atoms with Crippen LogP contribution in [0.2, 0.25) is 0 Å². The number of anilines is 1. The smallest absolute Gasteiger partial charge is 0.0409 e. The maximum Gasteiger partial charge on any atom is 0.0409 e. The molecule has 4 N–H and O–H groups in total. The molecule has 0 saturated carbocycles. The Morgan fingerprint density at radius 2 is 1.91 bits per heavy atom. The molecule has 2 rings (SSSR count). The fraction of sp³-hybridized carbons (Fsp3) is 0. The monoisotopic (exact) mass is 147 g/mol. The highest BCUT2D eigenvalue weighted by Gasteiger charge is 1.93. The summed E-state index contributed by atoms with van der Waals surface area (Å²) in [7, 11) is 0. The van der Waals surface area contributed by atoms with Crippen LogP contribution in [0.25, 0.3) is 12.4 Å². The van der Waals surface area contributed by atoms with Gasteiger partial charge in [0.2, 0.25) is 0 Å². The first-order valence-corrected chi connectivity index (χ1v) is 3.44. The predicted molar refractivity (Wildman–Crippen MR) is 45.3 cm³/mol. The van der Waals surface area contributed by atoms with Crippen molar-refractivity contribution in [2.45, 2.75) is 0 Å². The number of nitrogens with one attached hydrogen (secondary N) is 2. The summed E-state index contributed by atoms with van der Waals surface area (Å²) in [6, 6.07) is 5.83. The highest BCUT2D eigenvalue weighted by atomic mass is 15.3. The average Bonchev–Trinajstić information content (AvgIpc) is 2.06. The van der Waals surface area contributed by atoms with Crippen molar-refractivity contribution in [3.63, 3.8) is 0 Å². The number of fused-ring (bicyclic) bond motifs is 1. The van der Waals surface area contributed by atoms with Gasteiger partial charge < -0.3 is 16.6 Å². The van der Waals surface area contributed by atoms with Crippen molar-refractivity contribution in [1.29, 1.82) is 0 Å². The maximum atomic E-state index is 5.72. The van der Waals surface area contributed by atoms with Crippen molar-refractivity contribution in [3.05, 3.63) is 28.6 Å². The van der Waals surface area contributed by atoms with E-state index in [0.29, 0.717) is 0 Å². The molecule has 1 aromatic rings. The van der Waals surface area contributed by atoms with Gasteiger partial charge in [-0.15, -0.1) is 0 Å². The van der Waals surface area contributed by atoms with E-state index >= 15 is 0 Å². The second-order valence-corrected chi connectivity index (χ2v) is 2.43. The molecular formula is C8H9N3. The predicted octanol–water partition coefficient (Wildman–Crippen LogP) is -1.15. The molecule has 0 bridgehead atoms. The molecule has 0 radical (unpaired) electrons. The Morgan fingerprint density at radius 1 is 1.09 bits per heavy atom. The van der Waals surface area contributed by atoms with E-state index < -0.39 is 0 Å². The third-order valence-electron chi connectivity index (χ3n) is 1.70. The zero-order valence-corrected chi connectivity index (χ0v) is 5.96. The maximum absolute atomic E-state index is 5.72. The quantitative estimate of drug-likeness (QED) is 0.406. The molecule has 0 amide bonds. The van der Waals surface area contributed by atoms with E-state index in [1.807, 2.05) is 30.6 Å². The van der Waals surface area contributed by atoms with E-state index in [1.54, 1.807) is 0 Å². The first-order valence-electron chi connectivity index (χ1n) is 3.44. The minimum absolute atomic E-state index is 0.799. The van der Waals surface area contributed by atoms with Crippen molar-refractivity contribution < 1.29 is 0 Å². The van der Waals surface area contributed by atoms with Gasteiger partial charge in [-0.25, -0.2) is 0 Å². The molecule has 56 valence electrons. The second-order valence-electron chi connectivity index (χ2n) is 2.43. The molecule has 11 heavy (non-hydrogen) atoms. The summed E-state index contributed by atoms with van der Waals surface area (Å²) in [5.41, 5.74) is 12.3. The Balaban J connectivity index is 2.88. The van der Waals surface area contributed by atoms with Gasteiger partial charge in [0.25, 0.3) is 0 Å². The van der Waals surface area contributed by atoms with Crippen molar-refractivity contribution in [2.75, 3.05) is 5.73 Å². The summed E-state index contributed by atoms with van der Waals surface area (Å²) in [4.78, 5) is 0. The number of nitrogens with two attached hydrogens (primary N) is 1. The van der Waals surface area contributed by atoms with Crippen LogP contribution in [0.5, 0.6) is 0 Å².